The molecule has 0 unspecified atom stereocenters. The van der Waals surface area contributed by atoms with Crippen LogP contribution in [0, 0.1) is 11.3 Å². The molecule has 1 aliphatic heterocycles. The van der Waals surface area contributed by atoms with Crippen LogP contribution in [0.2, 0.25) is 10.0 Å². The molecule has 0 aromatic heterocycles. The van der Waals surface area contributed by atoms with E-state index >= 15 is 0 Å². The first-order valence-electron chi connectivity index (χ1n) is 11.2. The maximum Gasteiger partial charge on any atom is 0.329 e. The van der Waals surface area contributed by atoms with Crippen LogP contribution in [0.5, 0.6) is 11.5 Å². The molecule has 192 valence electrons. The van der Waals surface area contributed by atoms with E-state index in [0.717, 1.165) is 4.90 Å². The topological polar surface area (TPSA) is 121 Å². The van der Waals surface area contributed by atoms with Gasteiger partial charge in [-0.3, -0.25) is 9.59 Å². The number of carbonyl (C=O) groups excluding carboxylic acids is 3. The number of rotatable bonds is 8. The van der Waals surface area contributed by atoms with Crippen molar-refractivity contribution in [2.24, 2.45) is 0 Å². The summed E-state index contributed by atoms with van der Waals surface area (Å²) < 4.78 is 10.9. The molecule has 0 spiro atoms. The van der Waals surface area contributed by atoms with E-state index in [2.05, 4.69) is 16.7 Å². The standard InChI is InChI=1S/C27H20Cl2N4O5/c1-37-23-9-5-4-8-21(23)31-24(34)14-33-26(35)22(32-27(33)36)12-16-10-19(28)25(20(29)11-16)38-15-18-7-3-2-6-17(18)13-30/h2-12H,14-15H2,1H3,(H,31,34)(H,32,36)/b22-12+. The summed E-state index contributed by atoms with van der Waals surface area (Å²) in [5.41, 5.74) is 1.92. The molecule has 1 heterocycles. The van der Waals surface area contributed by atoms with Crippen LogP contribution in [0.4, 0.5) is 10.5 Å². The maximum atomic E-state index is 12.8. The second-order valence-electron chi connectivity index (χ2n) is 8.00. The summed E-state index contributed by atoms with van der Waals surface area (Å²) in [4.78, 5) is 38.5. The number of anilines is 1. The molecule has 3 aromatic rings. The van der Waals surface area contributed by atoms with Gasteiger partial charge in [0.2, 0.25) is 5.91 Å². The summed E-state index contributed by atoms with van der Waals surface area (Å²) >= 11 is 12.7. The summed E-state index contributed by atoms with van der Waals surface area (Å²) in [5, 5.41) is 14.7. The highest BCUT2D eigenvalue weighted by Gasteiger charge is 2.35. The average molecular weight is 551 g/mol. The van der Waals surface area contributed by atoms with Gasteiger partial charge in [-0.05, 0) is 42.0 Å². The number of hydrogen-bond acceptors (Lipinski definition) is 6. The number of halogens is 2. The Balaban J connectivity index is 1.45. The van der Waals surface area contributed by atoms with E-state index in [1.807, 2.05) is 0 Å². The smallest absolute Gasteiger partial charge is 0.329 e. The number of nitrogens with zero attached hydrogens (tertiary/aromatic N) is 2. The van der Waals surface area contributed by atoms with Gasteiger partial charge in [-0.1, -0.05) is 53.5 Å². The van der Waals surface area contributed by atoms with Gasteiger partial charge in [0.25, 0.3) is 5.91 Å². The number of hydrogen-bond donors (Lipinski definition) is 2. The Morgan fingerprint density at radius 3 is 2.50 bits per heavy atom. The first-order valence-corrected chi connectivity index (χ1v) is 11.9. The van der Waals surface area contributed by atoms with Gasteiger partial charge in [0, 0.05) is 5.56 Å². The van der Waals surface area contributed by atoms with E-state index < -0.39 is 24.4 Å². The molecule has 38 heavy (non-hydrogen) atoms. The molecular formula is C27H20Cl2N4O5. The van der Waals surface area contributed by atoms with Crippen LogP contribution in [0.25, 0.3) is 6.08 Å². The van der Waals surface area contributed by atoms with E-state index in [-0.39, 0.29) is 28.1 Å². The zero-order valence-corrected chi connectivity index (χ0v) is 21.5. The van der Waals surface area contributed by atoms with Crippen molar-refractivity contribution in [3.8, 4) is 17.6 Å². The summed E-state index contributed by atoms with van der Waals surface area (Å²) in [6.07, 6.45) is 1.39. The Labute approximate surface area is 228 Å². The predicted octanol–water partition coefficient (Wildman–Crippen LogP) is 4.98. The second-order valence-corrected chi connectivity index (χ2v) is 8.81. The van der Waals surface area contributed by atoms with Crippen LogP contribution in [0.15, 0.2) is 66.4 Å². The third-order valence-corrected chi connectivity index (χ3v) is 6.05. The third-order valence-electron chi connectivity index (χ3n) is 5.49. The summed E-state index contributed by atoms with van der Waals surface area (Å²) in [6, 6.07) is 18.1. The molecular weight excluding hydrogens is 531 g/mol. The number of carbonyl (C=O) groups is 3. The summed E-state index contributed by atoms with van der Waals surface area (Å²) in [7, 11) is 1.46. The Hall–Kier alpha value is -4.52. The number of imide groups is 1. The number of methoxy groups -OCH3 is 1. The van der Waals surface area contributed by atoms with Crippen LogP contribution in [-0.2, 0) is 16.2 Å². The van der Waals surface area contributed by atoms with Crippen molar-refractivity contribution < 1.29 is 23.9 Å². The highest BCUT2D eigenvalue weighted by atomic mass is 35.5. The SMILES string of the molecule is COc1ccccc1NC(=O)CN1C(=O)N/C(=C/c2cc(Cl)c(OCc3ccccc3C#N)c(Cl)c2)C1=O. The fraction of sp³-hybridized carbons (Fsp3) is 0.111. The molecule has 4 amide bonds. The minimum absolute atomic E-state index is 0.0520. The van der Waals surface area contributed by atoms with Gasteiger partial charge in [-0.2, -0.15) is 5.26 Å². The Morgan fingerprint density at radius 1 is 1.11 bits per heavy atom. The normalized spacial score (nSPS) is 13.7. The van der Waals surface area contributed by atoms with Crippen molar-refractivity contribution in [3.63, 3.8) is 0 Å². The number of nitriles is 1. The minimum atomic E-state index is -0.746. The molecule has 0 radical (unpaired) electrons. The zero-order valence-electron chi connectivity index (χ0n) is 20.0. The molecule has 2 N–H and O–H groups in total. The molecule has 1 aliphatic rings. The third kappa shape index (κ3) is 5.89. The van der Waals surface area contributed by atoms with Crippen LogP contribution in [0.3, 0.4) is 0 Å². The van der Waals surface area contributed by atoms with Gasteiger partial charge in [-0.15, -0.1) is 0 Å². The van der Waals surface area contributed by atoms with Crippen LogP contribution < -0.4 is 20.1 Å². The lowest BCUT2D eigenvalue weighted by Crippen LogP contribution is -2.38. The van der Waals surface area contributed by atoms with E-state index in [1.54, 1.807) is 48.5 Å². The molecule has 0 bridgehead atoms. The van der Waals surface area contributed by atoms with E-state index in [9.17, 15) is 19.6 Å². The molecule has 9 nitrogen and oxygen atoms in total. The first kappa shape index (κ1) is 26.5. The fourth-order valence-electron chi connectivity index (χ4n) is 3.67. The Kier molecular flexibility index (Phi) is 8.16. The minimum Gasteiger partial charge on any atom is -0.495 e. The van der Waals surface area contributed by atoms with Crippen molar-refractivity contribution in [2.45, 2.75) is 6.61 Å². The Bertz CT molecular complexity index is 1480. The quantitative estimate of drug-likeness (QED) is 0.301. The van der Waals surface area contributed by atoms with E-state index in [4.69, 9.17) is 32.7 Å². The molecule has 1 fully saturated rings. The van der Waals surface area contributed by atoms with E-state index in [1.165, 1.54) is 25.3 Å². The number of urea groups is 1. The largest absolute Gasteiger partial charge is 0.495 e. The lowest BCUT2D eigenvalue weighted by Gasteiger charge is -2.13. The molecule has 4 rings (SSSR count). The van der Waals surface area contributed by atoms with Gasteiger partial charge in [0.1, 0.15) is 24.6 Å². The molecule has 11 heteroatoms. The molecule has 3 aromatic carbocycles. The predicted molar refractivity (Wildman–Crippen MR) is 142 cm³/mol. The second kappa shape index (κ2) is 11.7. The van der Waals surface area contributed by atoms with Gasteiger partial charge in [0.05, 0.1) is 34.5 Å². The van der Waals surface area contributed by atoms with E-state index in [0.29, 0.717) is 28.1 Å². The summed E-state index contributed by atoms with van der Waals surface area (Å²) in [6.45, 7) is -0.428. The lowest BCUT2D eigenvalue weighted by molar-refractivity contribution is -0.127. The van der Waals surface area contributed by atoms with Gasteiger partial charge >= 0.3 is 6.03 Å². The van der Waals surface area contributed by atoms with Gasteiger partial charge in [-0.25, -0.2) is 9.69 Å². The number of amides is 4. The number of ether oxygens (including phenoxy) is 2. The van der Waals surface area contributed by atoms with Crippen molar-refractivity contribution in [1.82, 2.24) is 10.2 Å². The first-order chi connectivity index (χ1) is 18.3. The lowest BCUT2D eigenvalue weighted by atomic mass is 10.1. The zero-order chi connectivity index (χ0) is 27.2. The van der Waals surface area contributed by atoms with Crippen molar-refractivity contribution in [2.75, 3.05) is 19.0 Å². The molecule has 0 aliphatic carbocycles. The van der Waals surface area contributed by atoms with Crippen molar-refractivity contribution >= 4 is 52.8 Å². The fourth-order valence-corrected chi connectivity index (χ4v) is 4.28. The maximum absolute atomic E-state index is 12.8. The highest BCUT2D eigenvalue weighted by Crippen LogP contribution is 2.36. The van der Waals surface area contributed by atoms with Crippen LogP contribution in [0.1, 0.15) is 16.7 Å². The van der Waals surface area contributed by atoms with Crippen LogP contribution in [-0.4, -0.2) is 36.4 Å². The number of benzene rings is 3. The monoisotopic (exact) mass is 550 g/mol. The van der Waals surface area contributed by atoms with Crippen molar-refractivity contribution in [3.05, 3.63) is 93.1 Å². The number of nitrogens with one attached hydrogen (secondary N) is 2. The van der Waals surface area contributed by atoms with Gasteiger partial charge < -0.3 is 20.1 Å². The highest BCUT2D eigenvalue weighted by molar-refractivity contribution is 6.37. The number of para-hydroxylation sites is 2. The molecule has 0 atom stereocenters. The van der Waals surface area contributed by atoms with Crippen LogP contribution >= 0.6 is 23.2 Å². The Morgan fingerprint density at radius 2 is 1.79 bits per heavy atom. The van der Waals surface area contributed by atoms with Gasteiger partial charge in [0.15, 0.2) is 5.75 Å². The molecule has 1 saturated heterocycles. The average Bonchev–Trinajstić information content (AvgIpc) is 3.15. The summed E-state index contributed by atoms with van der Waals surface area (Å²) in [5.74, 6) is -0.621. The van der Waals surface area contributed by atoms with Crippen molar-refractivity contribution in [1.29, 1.82) is 5.26 Å². The molecule has 0 saturated carbocycles.